The molecule has 8 heteroatoms. The molecule has 2 aromatic carbocycles. The molecule has 0 aliphatic carbocycles. The lowest BCUT2D eigenvalue weighted by molar-refractivity contribution is -0.137. The summed E-state index contributed by atoms with van der Waals surface area (Å²) in [6.07, 6.45) is -3.76. The van der Waals surface area contributed by atoms with Gasteiger partial charge in [0.2, 0.25) is 0 Å². The van der Waals surface area contributed by atoms with Gasteiger partial charge in [-0.3, -0.25) is 4.18 Å². The van der Waals surface area contributed by atoms with Crippen molar-refractivity contribution in [3.05, 3.63) is 65.2 Å². The van der Waals surface area contributed by atoms with Crippen LogP contribution in [0.25, 0.3) is 0 Å². The number of benzene rings is 2. The van der Waals surface area contributed by atoms with E-state index in [4.69, 9.17) is 8.92 Å². The molecule has 0 spiro atoms. The summed E-state index contributed by atoms with van der Waals surface area (Å²) in [7, 11) is -3.89. The van der Waals surface area contributed by atoms with E-state index in [0.29, 0.717) is 18.4 Å². The molecule has 2 aromatic rings. The number of alkyl halides is 3. The first-order valence-electron chi connectivity index (χ1n) is 8.81. The molecule has 0 N–H and O–H groups in total. The van der Waals surface area contributed by atoms with E-state index in [1.54, 1.807) is 19.1 Å². The summed E-state index contributed by atoms with van der Waals surface area (Å²) in [6.45, 7) is 3.49. The lowest BCUT2D eigenvalue weighted by Crippen LogP contribution is -2.25. The summed E-state index contributed by atoms with van der Waals surface area (Å²) in [5.41, 5.74) is 0.0443. The molecule has 1 heterocycles. The third kappa shape index (κ3) is 4.56. The van der Waals surface area contributed by atoms with Crippen molar-refractivity contribution in [1.82, 2.24) is 0 Å². The monoisotopic (exact) mass is 414 g/mol. The van der Waals surface area contributed by atoms with Gasteiger partial charge in [-0.2, -0.15) is 21.6 Å². The summed E-state index contributed by atoms with van der Waals surface area (Å²) in [4.78, 5) is 0.0709. The zero-order valence-corrected chi connectivity index (χ0v) is 16.3. The number of rotatable bonds is 5. The van der Waals surface area contributed by atoms with Gasteiger partial charge in [0.15, 0.2) is 0 Å². The zero-order valence-electron chi connectivity index (χ0n) is 15.5. The Bertz CT molecular complexity index is 921. The molecule has 0 radical (unpaired) electrons. The minimum atomic E-state index is -4.39. The van der Waals surface area contributed by atoms with E-state index in [9.17, 15) is 21.6 Å². The highest BCUT2D eigenvalue weighted by molar-refractivity contribution is 7.86. The van der Waals surface area contributed by atoms with Gasteiger partial charge in [-0.05, 0) is 56.5 Å². The van der Waals surface area contributed by atoms with Crippen molar-refractivity contribution in [2.75, 3.05) is 6.61 Å². The molecule has 1 aliphatic heterocycles. The SMILES string of the molecule is Cc1ccc(S(=O)(=O)OC[C@@H]2CC[C@](C)(c3ccc(C(F)(F)F)cc3)O2)cc1. The quantitative estimate of drug-likeness (QED) is 0.659. The number of ether oxygens (including phenoxy) is 1. The Morgan fingerprint density at radius 2 is 1.71 bits per heavy atom. The van der Waals surface area contributed by atoms with E-state index in [-0.39, 0.29) is 11.5 Å². The molecule has 0 aromatic heterocycles. The Balaban J connectivity index is 1.64. The second kappa shape index (κ2) is 7.50. The van der Waals surface area contributed by atoms with Crippen LogP contribution in [0.15, 0.2) is 53.4 Å². The van der Waals surface area contributed by atoms with Crippen LogP contribution in [-0.2, 0) is 30.8 Å². The van der Waals surface area contributed by atoms with Gasteiger partial charge in [0, 0.05) is 0 Å². The van der Waals surface area contributed by atoms with E-state index in [2.05, 4.69) is 0 Å². The van der Waals surface area contributed by atoms with Crippen molar-refractivity contribution in [2.45, 2.75) is 49.5 Å². The Morgan fingerprint density at radius 3 is 2.29 bits per heavy atom. The normalized spacial score (nSPS) is 23.1. The molecular formula is C20H21F3O4S. The van der Waals surface area contributed by atoms with Crippen LogP contribution < -0.4 is 0 Å². The highest BCUT2D eigenvalue weighted by atomic mass is 32.2. The van der Waals surface area contributed by atoms with E-state index in [1.807, 2.05) is 6.92 Å². The first-order chi connectivity index (χ1) is 13.0. The summed E-state index contributed by atoms with van der Waals surface area (Å²) in [6, 6.07) is 11.2. The predicted octanol–water partition coefficient (Wildman–Crippen LogP) is 4.81. The highest BCUT2D eigenvalue weighted by Crippen LogP contribution is 2.40. The Kier molecular flexibility index (Phi) is 5.58. The van der Waals surface area contributed by atoms with Crippen LogP contribution in [0, 0.1) is 6.92 Å². The molecule has 3 rings (SSSR count). The van der Waals surface area contributed by atoms with E-state index in [0.717, 1.165) is 17.7 Å². The van der Waals surface area contributed by atoms with Crippen molar-refractivity contribution in [3.8, 4) is 0 Å². The minimum Gasteiger partial charge on any atom is -0.365 e. The topological polar surface area (TPSA) is 52.6 Å². The summed E-state index contributed by atoms with van der Waals surface area (Å²) in [5, 5.41) is 0. The van der Waals surface area contributed by atoms with Gasteiger partial charge in [0.05, 0.1) is 28.8 Å². The molecule has 1 aliphatic rings. The predicted molar refractivity (Wildman–Crippen MR) is 97.2 cm³/mol. The second-order valence-corrected chi connectivity index (χ2v) is 8.75. The maximum atomic E-state index is 12.7. The fourth-order valence-corrected chi connectivity index (χ4v) is 4.14. The van der Waals surface area contributed by atoms with Gasteiger partial charge >= 0.3 is 6.18 Å². The van der Waals surface area contributed by atoms with Crippen molar-refractivity contribution in [2.24, 2.45) is 0 Å². The average molecular weight is 414 g/mol. The summed E-state index contributed by atoms with van der Waals surface area (Å²) >= 11 is 0. The molecule has 0 unspecified atom stereocenters. The molecular weight excluding hydrogens is 393 g/mol. The maximum Gasteiger partial charge on any atom is 0.416 e. The molecule has 4 nitrogen and oxygen atoms in total. The fraction of sp³-hybridized carbons (Fsp3) is 0.400. The molecule has 0 bridgehead atoms. The zero-order chi connectivity index (χ0) is 20.6. The fourth-order valence-electron chi connectivity index (χ4n) is 3.20. The van der Waals surface area contributed by atoms with Gasteiger partial charge in [-0.25, -0.2) is 0 Å². The third-order valence-corrected chi connectivity index (χ3v) is 6.21. The number of halogens is 3. The average Bonchev–Trinajstić information content (AvgIpc) is 3.03. The van der Waals surface area contributed by atoms with Crippen LogP contribution in [0.2, 0.25) is 0 Å². The van der Waals surface area contributed by atoms with Crippen LogP contribution in [-0.4, -0.2) is 21.1 Å². The van der Waals surface area contributed by atoms with Gasteiger partial charge in [0.25, 0.3) is 10.1 Å². The molecule has 1 fully saturated rings. The Labute approximate surface area is 162 Å². The van der Waals surface area contributed by atoms with Gasteiger partial charge in [-0.15, -0.1) is 0 Å². The van der Waals surface area contributed by atoms with Gasteiger partial charge in [-0.1, -0.05) is 29.8 Å². The minimum absolute atomic E-state index is 0.0709. The summed E-state index contributed by atoms with van der Waals surface area (Å²) < 4.78 is 73.8. The molecule has 2 atom stereocenters. The van der Waals surface area contributed by atoms with E-state index < -0.39 is 33.6 Å². The van der Waals surface area contributed by atoms with Crippen LogP contribution >= 0.6 is 0 Å². The van der Waals surface area contributed by atoms with E-state index >= 15 is 0 Å². The molecule has 0 amide bonds. The van der Waals surface area contributed by atoms with Crippen molar-refractivity contribution in [1.29, 1.82) is 0 Å². The highest BCUT2D eigenvalue weighted by Gasteiger charge is 2.39. The third-order valence-electron chi connectivity index (χ3n) is 4.91. The van der Waals surface area contributed by atoms with Crippen LogP contribution in [0.3, 0.4) is 0 Å². The van der Waals surface area contributed by atoms with E-state index in [1.165, 1.54) is 24.3 Å². The Morgan fingerprint density at radius 1 is 1.11 bits per heavy atom. The van der Waals surface area contributed by atoms with Gasteiger partial charge in [0.1, 0.15) is 0 Å². The standard InChI is InChI=1S/C20H21F3O4S/c1-14-3-9-18(10-4-14)28(24,25)26-13-17-11-12-19(2,27-17)15-5-7-16(8-6-15)20(21,22)23/h3-10,17H,11-13H2,1-2H3/t17-,19+/m0/s1. The van der Waals surface area contributed by atoms with Crippen molar-refractivity contribution in [3.63, 3.8) is 0 Å². The lowest BCUT2D eigenvalue weighted by Gasteiger charge is -2.26. The number of aryl methyl sites for hydroxylation is 1. The Hall–Kier alpha value is -1.90. The number of hydrogen-bond acceptors (Lipinski definition) is 4. The van der Waals surface area contributed by atoms with Gasteiger partial charge < -0.3 is 4.74 Å². The first-order valence-corrected chi connectivity index (χ1v) is 10.2. The van der Waals surface area contributed by atoms with Crippen molar-refractivity contribution < 1.29 is 30.5 Å². The van der Waals surface area contributed by atoms with Crippen LogP contribution in [0.1, 0.15) is 36.5 Å². The molecule has 1 saturated heterocycles. The lowest BCUT2D eigenvalue weighted by atomic mass is 9.92. The first kappa shape index (κ1) is 20.8. The van der Waals surface area contributed by atoms with Crippen molar-refractivity contribution >= 4 is 10.1 Å². The smallest absolute Gasteiger partial charge is 0.365 e. The molecule has 152 valence electrons. The van der Waals surface area contributed by atoms with Crippen LogP contribution in [0.4, 0.5) is 13.2 Å². The van der Waals surface area contributed by atoms with Crippen LogP contribution in [0.5, 0.6) is 0 Å². The molecule has 0 saturated carbocycles. The largest absolute Gasteiger partial charge is 0.416 e. The maximum absolute atomic E-state index is 12.7. The summed E-state index contributed by atoms with van der Waals surface area (Å²) in [5.74, 6) is 0. The number of hydrogen-bond donors (Lipinski definition) is 0. The molecule has 28 heavy (non-hydrogen) atoms. The second-order valence-electron chi connectivity index (χ2n) is 7.14.